The number of nitrogens with one attached hydrogen (secondary N) is 1. The maximum Gasteiger partial charge on any atom is 0.214 e. The molecule has 0 saturated heterocycles. The normalized spacial score (nSPS) is 34.4. The number of hydrogen-bond acceptors (Lipinski definition) is 5. The summed E-state index contributed by atoms with van der Waals surface area (Å²) in [6, 6.07) is 0. The van der Waals surface area contributed by atoms with Crippen molar-refractivity contribution < 1.29 is 8.42 Å². The van der Waals surface area contributed by atoms with Gasteiger partial charge in [-0.25, -0.2) is 18.4 Å². The Bertz CT molecular complexity index is 819. The van der Waals surface area contributed by atoms with Crippen molar-refractivity contribution in [2.24, 2.45) is 23.2 Å². The van der Waals surface area contributed by atoms with Gasteiger partial charge in [0, 0.05) is 18.7 Å². The van der Waals surface area contributed by atoms with E-state index in [9.17, 15) is 8.42 Å². The predicted molar refractivity (Wildman–Crippen MR) is 109 cm³/mol. The molecule has 1 aliphatic heterocycles. The monoisotopic (exact) mass is 404 g/mol. The van der Waals surface area contributed by atoms with E-state index in [2.05, 4.69) is 15.3 Å². The summed E-state index contributed by atoms with van der Waals surface area (Å²) in [6.07, 6.45) is 11.5. The topological polar surface area (TPSA) is 75.2 Å². The van der Waals surface area contributed by atoms with Crippen LogP contribution in [0.15, 0.2) is 6.33 Å². The lowest BCUT2D eigenvalue weighted by atomic mass is 9.49. The van der Waals surface area contributed by atoms with Crippen molar-refractivity contribution in [3.05, 3.63) is 17.6 Å². The zero-order valence-electron chi connectivity index (χ0n) is 16.9. The molecule has 28 heavy (non-hydrogen) atoms. The second-order valence-electron chi connectivity index (χ2n) is 9.82. The summed E-state index contributed by atoms with van der Waals surface area (Å²) < 4.78 is 26.5. The fraction of sp³-hybridized carbons (Fsp3) is 0.810. The third kappa shape index (κ3) is 3.34. The molecule has 1 N–H and O–H groups in total. The second kappa shape index (κ2) is 6.94. The lowest BCUT2D eigenvalue weighted by Crippen LogP contribution is -2.49. The first kappa shape index (κ1) is 18.8. The number of fused-ring (bicyclic) bond motifs is 1. The lowest BCUT2D eigenvalue weighted by Gasteiger charge is -2.57. The van der Waals surface area contributed by atoms with E-state index < -0.39 is 10.0 Å². The van der Waals surface area contributed by atoms with Gasteiger partial charge in [0.15, 0.2) is 0 Å². The Morgan fingerprint density at radius 3 is 2.46 bits per heavy atom. The van der Waals surface area contributed by atoms with Crippen molar-refractivity contribution in [3.63, 3.8) is 0 Å². The van der Waals surface area contributed by atoms with Crippen LogP contribution in [0.5, 0.6) is 0 Å². The molecule has 1 aromatic heterocycles. The molecule has 0 aromatic carbocycles. The highest BCUT2D eigenvalue weighted by Crippen LogP contribution is 2.59. The molecule has 0 spiro atoms. The van der Waals surface area contributed by atoms with E-state index in [0.717, 1.165) is 41.4 Å². The summed E-state index contributed by atoms with van der Waals surface area (Å²) in [5, 5.41) is 3.69. The third-order valence-corrected chi connectivity index (χ3v) is 9.65. The summed E-state index contributed by atoms with van der Waals surface area (Å²) in [4.78, 5) is 8.96. The molecule has 4 fully saturated rings. The lowest BCUT2D eigenvalue weighted by molar-refractivity contribution is -0.0444. The summed E-state index contributed by atoms with van der Waals surface area (Å²) in [7, 11) is -3.18. The van der Waals surface area contributed by atoms with E-state index in [0.29, 0.717) is 31.3 Å². The highest BCUT2D eigenvalue weighted by atomic mass is 32.2. The van der Waals surface area contributed by atoms with Crippen molar-refractivity contribution in [2.75, 3.05) is 24.2 Å². The summed E-state index contributed by atoms with van der Waals surface area (Å²) in [5.41, 5.74) is 2.45. The van der Waals surface area contributed by atoms with E-state index in [4.69, 9.17) is 0 Å². The Labute approximate surface area is 168 Å². The zero-order chi connectivity index (χ0) is 19.4. The van der Waals surface area contributed by atoms with E-state index >= 15 is 0 Å². The largest absolute Gasteiger partial charge is 0.369 e. The molecular weight excluding hydrogens is 372 g/mol. The molecule has 5 aliphatic rings. The van der Waals surface area contributed by atoms with E-state index in [1.54, 1.807) is 10.6 Å². The third-order valence-electron chi connectivity index (χ3n) is 7.62. The summed E-state index contributed by atoms with van der Waals surface area (Å²) in [5.74, 6) is 4.00. The minimum Gasteiger partial charge on any atom is -0.369 e. The maximum absolute atomic E-state index is 12.4. The minimum atomic E-state index is -3.18. The van der Waals surface area contributed by atoms with Crippen molar-refractivity contribution in [1.29, 1.82) is 0 Å². The standard InChI is InChI=1S/C21H32N4O2S/c1-2-5-28(26,27)25-4-3-18-19(12-25)23-14-24-20(18)22-13-21-9-15-6-16(10-21)8-17(7-15)11-21/h14-17H,2-13H2,1H3,(H,22,23,24). The average Bonchev–Trinajstić information content (AvgIpc) is 2.65. The van der Waals surface area contributed by atoms with Crippen LogP contribution >= 0.6 is 0 Å². The smallest absolute Gasteiger partial charge is 0.214 e. The van der Waals surface area contributed by atoms with Crippen LogP contribution in [0.4, 0.5) is 5.82 Å². The Hall–Kier alpha value is -1.21. The van der Waals surface area contributed by atoms with Crippen molar-refractivity contribution in [2.45, 2.75) is 64.8 Å². The molecule has 0 unspecified atom stereocenters. The highest BCUT2D eigenvalue weighted by Gasteiger charge is 2.50. The van der Waals surface area contributed by atoms with Gasteiger partial charge in [0.1, 0.15) is 12.1 Å². The van der Waals surface area contributed by atoms with Gasteiger partial charge >= 0.3 is 0 Å². The van der Waals surface area contributed by atoms with Crippen LogP contribution in [0.2, 0.25) is 0 Å². The van der Waals surface area contributed by atoms with Gasteiger partial charge in [0.05, 0.1) is 18.0 Å². The van der Waals surface area contributed by atoms with E-state index in [1.807, 2.05) is 6.92 Å². The fourth-order valence-electron chi connectivity index (χ4n) is 6.88. The highest BCUT2D eigenvalue weighted by molar-refractivity contribution is 7.89. The Morgan fingerprint density at radius 2 is 1.82 bits per heavy atom. The number of sulfonamides is 1. The van der Waals surface area contributed by atoms with Gasteiger partial charge in [-0.3, -0.25) is 0 Å². The molecule has 154 valence electrons. The number of aromatic nitrogens is 2. The molecule has 4 aliphatic carbocycles. The molecule has 4 bridgehead atoms. The first-order valence-corrected chi connectivity index (χ1v) is 12.6. The maximum atomic E-state index is 12.4. The van der Waals surface area contributed by atoms with Crippen LogP contribution in [0.1, 0.15) is 63.1 Å². The first-order chi connectivity index (χ1) is 13.5. The Kier molecular flexibility index (Phi) is 4.66. The van der Waals surface area contributed by atoms with Crippen molar-refractivity contribution >= 4 is 15.8 Å². The molecule has 2 heterocycles. The molecule has 6 rings (SSSR count). The number of anilines is 1. The van der Waals surface area contributed by atoms with Crippen LogP contribution in [-0.4, -0.2) is 41.5 Å². The van der Waals surface area contributed by atoms with Crippen molar-refractivity contribution in [3.8, 4) is 0 Å². The molecule has 4 saturated carbocycles. The Morgan fingerprint density at radius 1 is 1.14 bits per heavy atom. The predicted octanol–water partition coefficient (Wildman–Crippen LogP) is 3.20. The summed E-state index contributed by atoms with van der Waals surface area (Å²) in [6.45, 7) is 3.84. The quantitative estimate of drug-likeness (QED) is 0.788. The van der Waals surface area contributed by atoms with Crippen LogP contribution in [0.3, 0.4) is 0 Å². The number of hydrogen-bond donors (Lipinski definition) is 1. The molecule has 6 nitrogen and oxygen atoms in total. The number of rotatable bonds is 6. The second-order valence-corrected chi connectivity index (χ2v) is 11.9. The molecule has 0 amide bonds. The minimum absolute atomic E-state index is 0.213. The van der Waals surface area contributed by atoms with Crippen LogP contribution in [0, 0.1) is 23.2 Å². The number of nitrogens with zero attached hydrogens (tertiary/aromatic N) is 3. The van der Waals surface area contributed by atoms with Gasteiger partial charge in [-0.1, -0.05) is 6.92 Å². The Balaban J connectivity index is 1.31. The fourth-order valence-corrected chi connectivity index (χ4v) is 8.35. The SMILES string of the molecule is CCCS(=O)(=O)N1CCc2c(ncnc2NCC23CC4CC(CC(C4)C2)C3)C1. The molecule has 0 radical (unpaired) electrons. The van der Waals surface area contributed by atoms with Gasteiger partial charge < -0.3 is 5.32 Å². The van der Waals surface area contributed by atoms with Gasteiger partial charge in [-0.05, 0) is 74.5 Å². The molecular formula is C21H32N4O2S. The van der Waals surface area contributed by atoms with Gasteiger partial charge in [0.25, 0.3) is 0 Å². The molecule has 7 heteroatoms. The van der Waals surface area contributed by atoms with Gasteiger partial charge in [-0.15, -0.1) is 0 Å². The van der Waals surface area contributed by atoms with Gasteiger partial charge in [-0.2, -0.15) is 4.31 Å². The first-order valence-electron chi connectivity index (χ1n) is 11.0. The van der Waals surface area contributed by atoms with Crippen molar-refractivity contribution in [1.82, 2.24) is 14.3 Å². The van der Waals surface area contributed by atoms with Crippen LogP contribution in [0.25, 0.3) is 0 Å². The zero-order valence-corrected chi connectivity index (χ0v) is 17.7. The van der Waals surface area contributed by atoms with Crippen LogP contribution in [-0.2, 0) is 23.0 Å². The average molecular weight is 405 g/mol. The van der Waals surface area contributed by atoms with E-state index in [-0.39, 0.29) is 5.75 Å². The van der Waals surface area contributed by atoms with E-state index in [1.165, 1.54) is 38.5 Å². The molecule has 1 aromatic rings. The summed E-state index contributed by atoms with van der Waals surface area (Å²) >= 11 is 0. The van der Waals surface area contributed by atoms with Gasteiger partial charge in [0.2, 0.25) is 10.0 Å². The molecule has 0 atom stereocenters. The van der Waals surface area contributed by atoms with Crippen LogP contribution < -0.4 is 5.32 Å².